The van der Waals surface area contributed by atoms with E-state index in [9.17, 15) is 4.39 Å². The van der Waals surface area contributed by atoms with Crippen LogP contribution in [0.3, 0.4) is 0 Å². The van der Waals surface area contributed by atoms with E-state index in [1.54, 1.807) is 12.3 Å². The van der Waals surface area contributed by atoms with Gasteiger partial charge in [-0.1, -0.05) is 17.9 Å². The standard InChI is InChI=1S/C17H19FN2O/c1-13-15(7-9-21-13)11-20(2)12-16-5-6-17(18)10-14(16)4-3-8-19/h5-7,9-10H,8,11-12,19H2,1-2H3. The van der Waals surface area contributed by atoms with Crippen LogP contribution in [0.4, 0.5) is 4.39 Å². The van der Waals surface area contributed by atoms with E-state index in [2.05, 4.69) is 16.7 Å². The Kier molecular flexibility index (Phi) is 5.15. The number of halogens is 1. The van der Waals surface area contributed by atoms with Crippen LogP contribution in [0.25, 0.3) is 0 Å². The minimum Gasteiger partial charge on any atom is -0.469 e. The summed E-state index contributed by atoms with van der Waals surface area (Å²) in [6.07, 6.45) is 1.69. The Morgan fingerprint density at radius 2 is 2.00 bits per heavy atom. The first-order valence-electron chi connectivity index (χ1n) is 6.79. The van der Waals surface area contributed by atoms with Crippen molar-refractivity contribution in [2.24, 2.45) is 5.73 Å². The molecule has 0 spiro atoms. The Bertz CT molecular complexity index is 667. The molecular weight excluding hydrogens is 267 g/mol. The molecule has 0 aliphatic carbocycles. The van der Waals surface area contributed by atoms with Gasteiger partial charge in [0.2, 0.25) is 0 Å². The second-order valence-corrected chi connectivity index (χ2v) is 4.98. The minimum atomic E-state index is -0.284. The van der Waals surface area contributed by atoms with Crippen molar-refractivity contribution in [2.45, 2.75) is 20.0 Å². The highest BCUT2D eigenvalue weighted by Gasteiger charge is 2.09. The highest BCUT2D eigenvalue weighted by Crippen LogP contribution is 2.16. The number of rotatable bonds is 4. The Hall–Kier alpha value is -2.09. The fourth-order valence-corrected chi connectivity index (χ4v) is 2.16. The fourth-order valence-electron chi connectivity index (χ4n) is 2.16. The van der Waals surface area contributed by atoms with E-state index in [1.165, 1.54) is 12.1 Å². The van der Waals surface area contributed by atoms with Gasteiger partial charge in [-0.25, -0.2) is 4.39 Å². The van der Waals surface area contributed by atoms with Gasteiger partial charge in [0.25, 0.3) is 0 Å². The molecule has 0 unspecified atom stereocenters. The smallest absolute Gasteiger partial charge is 0.124 e. The van der Waals surface area contributed by atoms with Gasteiger partial charge in [0.05, 0.1) is 12.8 Å². The third-order valence-electron chi connectivity index (χ3n) is 3.24. The van der Waals surface area contributed by atoms with Crippen molar-refractivity contribution < 1.29 is 8.81 Å². The molecule has 0 radical (unpaired) electrons. The van der Waals surface area contributed by atoms with Gasteiger partial charge in [-0.3, -0.25) is 4.90 Å². The summed E-state index contributed by atoms with van der Waals surface area (Å²) in [7, 11) is 2.01. The Morgan fingerprint density at radius 1 is 1.24 bits per heavy atom. The van der Waals surface area contributed by atoms with E-state index in [1.807, 2.05) is 20.0 Å². The maximum atomic E-state index is 13.3. The van der Waals surface area contributed by atoms with Crippen molar-refractivity contribution in [3.8, 4) is 11.8 Å². The normalized spacial score (nSPS) is 10.5. The average Bonchev–Trinajstić information content (AvgIpc) is 2.84. The molecule has 0 fully saturated rings. The van der Waals surface area contributed by atoms with Crippen molar-refractivity contribution in [2.75, 3.05) is 13.6 Å². The molecule has 1 aromatic heterocycles. The van der Waals surface area contributed by atoms with E-state index in [-0.39, 0.29) is 12.4 Å². The zero-order chi connectivity index (χ0) is 15.2. The molecule has 2 rings (SSSR count). The van der Waals surface area contributed by atoms with Crippen molar-refractivity contribution in [1.82, 2.24) is 4.90 Å². The largest absolute Gasteiger partial charge is 0.469 e. The van der Waals surface area contributed by atoms with Crippen molar-refractivity contribution in [1.29, 1.82) is 0 Å². The number of aryl methyl sites for hydroxylation is 1. The van der Waals surface area contributed by atoms with Crippen LogP contribution in [-0.2, 0) is 13.1 Å². The monoisotopic (exact) mass is 286 g/mol. The first-order chi connectivity index (χ1) is 10.1. The van der Waals surface area contributed by atoms with E-state index in [0.29, 0.717) is 12.1 Å². The van der Waals surface area contributed by atoms with Crippen LogP contribution in [-0.4, -0.2) is 18.5 Å². The van der Waals surface area contributed by atoms with Gasteiger partial charge in [0, 0.05) is 24.2 Å². The summed E-state index contributed by atoms with van der Waals surface area (Å²) < 4.78 is 18.6. The van der Waals surface area contributed by atoms with Crippen LogP contribution in [0, 0.1) is 24.6 Å². The lowest BCUT2D eigenvalue weighted by Crippen LogP contribution is -2.18. The molecule has 0 aliphatic heterocycles. The topological polar surface area (TPSA) is 42.4 Å². The van der Waals surface area contributed by atoms with Crippen LogP contribution in [0.15, 0.2) is 34.9 Å². The number of nitrogens with two attached hydrogens (primary N) is 1. The summed E-state index contributed by atoms with van der Waals surface area (Å²) in [5, 5.41) is 0. The van der Waals surface area contributed by atoms with Gasteiger partial charge < -0.3 is 10.2 Å². The molecule has 110 valence electrons. The summed E-state index contributed by atoms with van der Waals surface area (Å²) in [6.45, 7) is 3.65. The molecule has 0 bridgehead atoms. The van der Waals surface area contributed by atoms with Gasteiger partial charge in [0.1, 0.15) is 11.6 Å². The Balaban J connectivity index is 2.13. The number of hydrogen-bond donors (Lipinski definition) is 1. The first kappa shape index (κ1) is 15.3. The van der Waals surface area contributed by atoms with E-state index >= 15 is 0 Å². The van der Waals surface area contributed by atoms with Crippen LogP contribution in [0.2, 0.25) is 0 Å². The number of benzene rings is 1. The number of hydrogen-bond acceptors (Lipinski definition) is 3. The predicted octanol–water partition coefficient (Wildman–Crippen LogP) is 2.67. The van der Waals surface area contributed by atoms with Crippen molar-refractivity contribution >= 4 is 0 Å². The second-order valence-electron chi connectivity index (χ2n) is 4.98. The summed E-state index contributed by atoms with van der Waals surface area (Å²) in [5.41, 5.74) is 8.21. The zero-order valence-corrected chi connectivity index (χ0v) is 12.3. The Morgan fingerprint density at radius 3 is 2.67 bits per heavy atom. The SMILES string of the molecule is Cc1occc1CN(C)Cc1ccc(F)cc1C#CCN. The molecule has 21 heavy (non-hydrogen) atoms. The predicted molar refractivity (Wildman–Crippen MR) is 80.9 cm³/mol. The summed E-state index contributed by atoms with van der Waals surface area (Å²) >= 11 is 0. The maximum absolute atomic E-state index is 13.3. The fraction of sp³-hybridized carbons (Fsp3) is 0.294. The molecule has 0 atom stereocenters. The van der Waals surface area contributed by atoms with Crippen LogP contribution < -0.4 is 5.73 Å². The maximum Gasteiger partial charge on any atom is 0.124 e. The lowest BCUT2D eigenvalue weighted by Gasteiger charge is -2.17. The van der Waals surface area contributed by atoms with Crippen LogP contribution in [0.5, 0.6) is 0 Å². The van der Waals surface area contributed by atoms with Gasteiger partial charge in [0.15, 0.2) is 0 Å². The molecule has 2 N–H and O–H groups in total. The van der Waals surface area contributed by atoms with E-state index < -0.39 is 0 Å². The molecular formula is C17H19FN2O. The molecule has 4 heteroatoms. The van der Waals surface area contributed by atoms with Gasteiger partial charge in [-0.2, -0.15) is 0 Å². The van der Waals surface area contributed by atoms with Crippen molar-refractivity contribution in [3.05, 3.63) is 58.8 Å². The molecule has 0 saturated carbocycles. The highest BCUT2D eigenvalue weighted by molar-refractivity contribution is 5.42. The van der Waals surface area contributed by atoms with Crippen LogP contribution >= 0.6 is 0 Å². The summed E-state index contributed by atoms with van der Waals surface area (Å²) in [6, 6.07) is 6.65. The number of nitrogens with zero attached hydrogens (tertiary/aromatic N) is 1. The summed E-state index contributed by atoms with van der Waals surface area (Å²) in [4.78, 5) is 2.14. The molecule has 3 nitrogen and oxygen atoms in total. The number of furan rings is 1. The molecule has 0 saturated heterocycles. The molecule has 0 amide bonds. The van der Waals surface area contributed by atoms with Gasteiger partial charge in [-0.05, 0) is 37.7 Å². The summed E-state index contributed by atoms with van der Waals surface area (Å²) in [5.74, 6) is 6.34. The zero-order valence-electron chi connectivity index (χ0n) is 12.3. The van der Waals surface area contributed by atoms with Gasteiger partial charge in [-0.15, -0.1) is 0 Å². The first-order valence-corrected chi connectivity index (χ1v) is 6.79. The average molecular weight is 286 g/mol. The lowest BCUT2D eigenvalue weighted by atomic mass is 10.1. The highest BCUT2D eigenvalue weighted by atomic mass is 19.1. The Labute approximate surface area is 124 Å². The third kappa shape index (κ3) is 4.19. The van der Waals surface area contributed by atoms with E-state index in [4.69, 9.17) is 10.2 Å². The quantitative estimate of drug-likeness (QED) is 0.879. The van der Waals surface area contributed by atoms with Crippen molar-refractivity contribution in [3.63, 3.8) is 0 Å². The third-order valence-corrected chi connectivity index (χ3v) is 3.24. The van der Waals surface area contributed by atoms with E-state index in [0.717, 1.165) is 23.4 Å². The van der Waals surface area contributed by atoms with Crippen LogP contribution in [0.1, 0.15) is 22.5 Å². The molecule has 2 aromatic rings. The minimum absolute atomic E-state index is 0.264. The molecule has 1 aromatic carbocycles. The molecule has 1 heterocycles. The lowest BCUT2D eigenvalue weighted by molar-refractivity contribution is 0.316. The second kappa shape index (κ2) is 7.07. The molecule has 0 aliphatic rings. The van der Waals surface area contributed by atoms with Gasteiger partial charge >= 0.3 is 0 Å².